The zero-order chi connectivity index (χ0) is 14.9. The molecule has 1 unspecified atom stereocenters. The number of rotatable bonds is 6. The second kappa shape index (κ2) is 5.82. The van der Waals surface area contributed by atoms with E-state index in [0.29, 0.717) is 6.61 Å². The number of carbonyl (C=O) groups is 1. The van der Waals surface area contributed by atoms with Crippen LogP contribution in [0, 0.1) is 5.92 Å². The standard InChI is InChI=1S/C17H21BrO3/c1-20-12-13(11-19)10-16-6-8-17(21-16,9-7-16)14-2-4-15(18)5-3-14/h2-5,11,13H,6-10,12H2,1H3. The van der Waals surface area contributed by atoms with Crippen molar-refractivity contribution in [3.63, 3.8) is 0 Å². The third kappa shape index (κ3) is 2.81. The summed E-state index contributed by atoms with van der Waals surface area (Å²) in [7, 11) is 1.64. The predicted octanol–water partition coefficient (Wildman–Crippen LogP) is 3.84. The van der Waals surface area contributed by atoms with Gasteiger partial charge in [-0.2, -0.15) is 0 Å². The van der Waals surface area contributed by atoms with Crippen molar-refractivity contribution in [1.82, 2.24) is 0 Å². The van der Waals surface area contributed by atoms with Crippen molar-refractivity contribution in [2.45, 2.75) is 43.3 Å². The maximum atomic E-state index is 11.2. The van der Waals surface area contributed by atoms with Crippen LogP contribution in [0.2, 0.25) is 0 Å². The summed E-state index contributed by atoms with van der Waals surface area (Å²) in [6.45, 7) is 0.486. The van der Waals surface area contributed by atoms with E-state index in [2.05, 4.69) is 40.2 Å². The van der Waals surface area contributed by atoms with Gasteiger partial charge in [-0.05, 0) is 49.8 Å². The van der Waals surface area contributed by atoms with Crippen LogP contribution in [0.5, 0.6) is 0 Å². The van der Waals surface area contributed by atoms with Crippen LogP contribution in [0.3, 0.4) is 0 Å². The van der Waals surface area contributed by atoms with E-state index >= 15 is 0 Å². The molecule has 2 saturated heterocycles. The topological polar surface area (TPSA) is 35.5 Å². The normalized spacial score (nSPS) is 32.3. The molecule has 21 heavy (non-hydrogen) atoms. The summed E-state index contributed by atoms with van der Waals surface area (Å²) in [6.07, 6.45) is 5.97. The molecular weight excluding hydrogens is 332 g/mol. The molecule has 0 aliphatic carbocycles. The molecule has 1 aromatic carbocycles. The van der Waals surface area contributed by atoms with Crippen molar-refractivity contribution in [3.05, 3.63) is 34.3 Å². The first-order valence-electron chi connectivity index (χ1n) is 7.52. The number of benzene rings is 1. The number of fused-ring (bicyclic) bond motifs is 2. The summed E-state index contributed by atoms with van der Waals surface area (Å²) in [6, 6.07) is 8.45. The van der Waals surface area contributed by atoms with Crippen LogP contribution >= 0.6 is 15.9 Å². The SMILES string of the molecule is COCC(C=O)CC12CCC(c3ccc(Br)cc3)(CC1)O2. The predicted molar refractivity (Wildman–Crippen MR) is 84.2 cm³/mol. The largest absolute Gasteiger partial charge is 0.384 e. The third-order valence-corrected chi connectivity index (χ3v) is 5.49. The van der Waals surface area contributed by atoms with Gasteiger partial charge in [0.25, 0.3) is 0 Å². The molecule has 0 spiro atoms. The van der Waals surface area contributed by atoms with Crippen LogP contribution in [0.15, 0.2) is 28.7 Å². The van der Waals surface area contributed by atoms with Gasteiger partial charge in [0.15, 0.2) is 0 Å². The maximum Gasteiger partial charge on any atom is 0.125 e. The summed E-state index contributed by atoms with van der Waals surface area (Å²) >= 11 is 3.48. The van der Waals surface area contributed by atoms with E-state index in [9.17, 15) is 4.79 Å². The van der Waals surface area contributed by atoms with Crippen LogP contribution in [-0.4, -0.2) is 25.6 Å². The summed E-state index contributed by atoms with van der Waals surface area (Å²) < 4.78 is 12.8. The van der Waals surface area contributed by atoms with Crippen molar-refractivity contribution in [2.75, 3.05) is 13.7 Å². The van der Waals surface area contributed by atoms with Gasteiger partial charge in [-0.1, -0.05) is 28.1 Å². The number of halogens is 1. The fourth-order valence-corrected chi connectivity index (χ4v) is 4.18. The highest BCUT2D eigenvalue weighted by atomic mass is 79.9. The average Bonchev–Trinajstić information content (AvgIpc) is 3.04. The third-order valence-electron chi connectivity index (χ3n) is 4.96. The van der Waals surface area contributed by atoms with Crippen molar-refractivity contribution in [1.29, 1.82) is 0 Å². The fraction of sp³-hybridized carbons (Fsp3) is 0.588. The highest BCUT2D eigenvalue weighted by Gasteiger charge is 2.56. The van der Waals surface area contributed by atoms with Crippen LogP contribution < -0.4 is 0 Å². The molecule has 1 atom stereocenters. The van der Waals surface area contributed by atoms with Crippen molar-refractivity contribution in [3.8, 4) is 0 Å². The Labute approximate surface area is 134 Å². The lowest BCUT2D eigenvalue weighted by Gasteiger charge is -2.27. The van der Waals surface area contributed by atoms with Gasteiger partial charge in [0.2, 0.25) is 0 Å². The molecule has 114 valence electrons. The second-order valence-corrected chi connectivity index (χ2v) is 7.26. The number of aldehydes is 1. The van der Waals surface area contributed by atoms with Crippen molar-refractivity contribution < 1.29 is 14.3 Å². The number of methoxy groups -OCH3 is 1. The van der Waals surface area contributed by atoms with Gasteiger partial charge in [-0.3, -0.25) is 0 Å². The lowest BCUT2D eigenvalue weighted by atomic mass is 9.76. The summed E-state index contributed by atoms with van der Waals surface area (Å²) in [5.74, 6) is -0.0613. The zero-order valence-corrected chi connectivity index (χ0v) is 13.9. The molecule has 2 aliphatic heterocycles. The average molecular weight is 353 g/mol. The zero-order valence-electron chi connectivity index (χ0n) is 12.3. The molecule has 0 amide bonds. The smallest absolute Gasteiger partial charge is 0.125 e. The molecule has 0 saturated carbocycles. The highest BCUT2D eigenvalue weighted by Crippen LogP contribution is 2.58. The minimum absolute atomic E-state index is 0.0613. The minimum atomic E-state index is -0.138. The summed E-state index contributed by atoms with van der Waals surface area (Å²) in [5, 5.41) is 0. The Balaban J connectivity index is 1.76. The van der Waals surface area contributed by atoms with Crippen molar-refractivity contribution in [2.24, 2.45) is 5.92 Å². The minimum Gasteiger partial charge on any atom is -0.384 e. The van der Waals surface area contributed by atoms with E-state index in [1.54, 1.807) is 7.11 Å². The molecule has 3 rings (SSSR count). The monoisotopic (exact) mass is 352 g/mol. The maximum absolute atomic E-state index is 11.2. The molecule has 2 heterocycles. The van der Waals surface area contributed by atoms with E-state index in [1.807, 2.05) is 0 Å². The Morgan fingerprint density at radius 3 is 2.52 bits per heavy atom. The second-order valence-electron chi connectivity index (χ2n) is 6.34. The molecule has 2 fully saturated rings. The summed E-state index contributed by atoms with van der Waals surface area (Å²) in [4.78, 5) is 11.2. The first kappa shape index (κ1) is 15.2. The Morgan fingerprint density at radius 1 is 1.29 bits per heavy atom. The quantitative estimate of drug-likeness (QED) is 0.729. The lowest BCUT2D eigenvalue weighted by molar-refractivity contribution is -0.117. The number of carbonyl (C=O) groups excluding carboxylic acids is 1. The van der Waals surface area contributed by atoms with Gasteiger partial charge in [0.05, 0.1) is 17.8 Å². The van der Waals surface area contributed by atoms with Gasteiger partial charge in [-0.15, -0.1) is 0 Å². The Morgan fingerprint density at radius 2 is 1.95 bits per heavy atom. The van der Waals surface area contributed by atoms with E-state index < -0.39 is 0 Å². The summed E-state index contributed by atoms with van der Waals surface area (Å²) in [5.41, 5.74) is 0.998. The van der Waals surface area contributed by atoms with Crippen molar-refractivity contribution >= 4 is 22.2 Å². The first-order valence-corrected chi connectivity index (χ1v) is 8.31. The van der Waals surface area contributed by atoms with Gasteiger partial charge in [0, 0.05) is 17.5 Å². The number of ether oxygens (including phenoxy) is 2. The van der Waals surface area contributed by atoms with E-state index in [4.69, 9.17) is 9.47 Å². The van der Waals surface area contributed by atoms with Gasteiger partial charge >= 0.3 is 0 Å². The van der Waals surface area contributed by atoms with Gasteiger partial charge in [-0.25, -0.2) is 0 Å². The Hall–Kier alpha value is -0.710. The van der Waals surface area contributed by atoms with Gasteiger partial charge in [0.1, 0.15) is 6.29 Å². The molecule has 0 radical (unpaired) electrons. The molecule has 1 aromatic rings. The van der Waals surface area contributed by atoms with Crippen LogP contribution in [0.1, 0.15) is 37.7 Å². The highest BCUT2D eigenvalue weighted by molar-refractivity contribution is 9.10. The molecular formula is C17H21BrO3. The molecule has 3 nitrogen and oxygen atoms in total. The molecule has 2 aliphatic rings. The molecule has 4 heteroatoms. The Bertz CT molecular complexity index is 503. The van der Waals surface area contributed by atoms with E-state index in [1.165, 1.54) is 5.56 Å². The fourth-order valence-electron chi connectivity index (χ4n) is 3.91. The Kier molecular flexibility index (Phi) is 4.21. The lowest BCUT2D eigenvalue weighted by Crippen LogP contribution is -2.30. The molecule has 0 aromatic heterocycles. The van der Waals surface area contributed by atoms with Crippen LogP contribution in [0.4, 0.5) is 0 Å². The van der Waals surface area contributed by atoms with E-state index in [0.717, 1.165) is 42.9 Å². The van der Waals surface area contributed by atoms with E-state index in [-0.39, 0.29) is 17.1 Å². The number of hydrogen-bond donors (Lipinski definition) is 0. The van der Waals surface area contributed by atoms with Gasteiger partial charge < -0.3 is 14.3 Å². The number of hydrogen-bond acceptors (Lipinski definition) is 3. The first-order chi connectivity index (χ1) is 10.1. The van der Waals surface area contributed by atoms with Crippen LogP contribution in [-0.2, 0) is 19.9 Å². The molecule has 0 N–H and O–H groups in total. The molecule has 2 bridgehead atoms. The van der Waals surface area contributed by atoms with Crippen LogP contribution in [0.25, 0.3) is 0 Å².